The highest BCUT2D eigenvalue weighted by Gasteiger charge is 2.23. The Hall–Kier alpha value is -3.60. The second-order valence-corrected chi connectivity index (χ2v) is 8.15. The summed E-state index contributed by atoms with van der Waals surface area (Å²) in [5, 5.41) is 1.20. The molecule has 1 saturated carbocycles. The molecule has 1 aromatic carbocycles. The van der Waals surface area contributed by atoms with Crippen molar-refractivity contribution in [3.05, 3.63) is 83.7 Å². The predicted molar refractivity (Wildman–Crippen MR) is 126 cm³/mol. The molecule has 0 saturated heterocycles. The van der Waals surface area contributed by atoms with Crippen LogP contribution in [0, 0.1) is 6.92 Å². The summed E-state index contributed by atoms with van der Waals surface area (Å²) in [4.78, 5) is 18.5. The summed E-state index contributed by atoms with van der Waals surface area (Å²) >= 11 is 0. The van der Waals surface area contributed by atoms with E-state index in [1.54, 1.807) is 6.20 Å². The van der Waals surface area contributed by atoms with Gasteiger partial charge in [0.1, 0.15) is 5.84 Å². The molecule has 3 aromatic rings. The van der Waals surface area contributed by atoms with Crippen LogP contribution in [0.2, 0.25) is 0 Å². The van der Waals surface area contributed by atoms with Crippen molar-refractivity contribution in [1.82, 2.24) is 15.0 Å². The Balaban J connectivity index is 1.49. The van der Waals surface area contributed by atoms with E-state index in [0.29, 0.717) is 23.4 Å². The van der Waals surface area contributed by atoms with Crippen LogP contribution < -0.4 is 5.73 Å². The molecule has 0 atom stereocenters. The fourth-order valence-corrected chi connectivity index (χ4v) is 4.20. The van der Waals surface area contributed by atoms with Crippen LogP contribution in [-0.2, 0) is 0 Å². The quantitative estimate of drug-likeness (QED) is 0.445. The third-order valence-electron chi connectivity index (χ3n) is 5.97. The van der Waals surface area contributed by atoms with E-state index in [-0.39, 0.29) is 0 Å². The van der Waals surface area contributed by atoms with Gasteiger partial charge in [-0.3, -0.25) is 0 Å². The maximum Gasteiger partial charge on any atom is 0.160 e. The van der Waals surface area contributed by atoms with Crippen molar-refractivity contribution in [3.63, 3.8) is 0 Å². The lowest BCUT2D eigenvalue weighted by Crippen LogP contribution is -2.10. The SMILES string of the molecule is Cc1nc(-c2ccnc(N=C(N)/C=C3/C=CC=CC3)c2)nc2cccc(C3CCC3)c12. The first-order chi connectivity index (χ1) is 15.2. The van der Waals surface area contributed by atoms with Gasteiger partial charge in [-0.05, 0) is 67.5 Å². The van der Waals surface area contributed by atoms with Crippen LogP contribution >= 0.6 is 0 Å². The zero-order valence-corrected chi connectivity index (χ0v) is 17.6. The van der Waals surface area contributed by atoms with E-state index in [9.17, 15) is 0 Å². The van der Waals surface area contributed by atoms with Gasteiger partial charge in [0.15, 0.2) is 11.6 Å². The van der Waals surface area contributed by atoms with Gasteiger partial charge in [0.2, 0.25) is 0 Å². The average Bonchev–Trinajstić information content (AvgIpc) is 2.73. The first-order valence-corrected chi connectivity index (χ1v) is 10.8. The van der Waals surface area contributed by atoms with Crippen molar-refractivity contribution in [2.45, 2.75) is 38.5 Å². The maximum atomic E-state index is 6.13. The van der Waals surface area contributed by atoms with Crippen LogP contribution in [0.3, 0.4) is 0 Å². The highest BCUT2D eigenvalue weighted by molar-refractivity contribution is 5.94. The lowest BCUT2D eigenvalue weighted by atomic mass is 9.78. The molecule has 0 amide bonds. The fourth-order valence-electron chi connectivity index (χ4n) is 4.20. The predicted octanol–water partition coefficient (Wildman–Crippen LogP) is 5.70. The summed E-state index contributed by atoms with van der Waals surface area (Å²) < 4.78 is 0. The number of amidine groups is 1. The van der Waals surface area contributed by atoms with Crippen LogP contribution in [0.4, 0.5) is 5.82 Å². The summed E-state index contributed by atoms with van der Waals surface area (Å²) in [6.07, 6.45) is 16.4. The largest absolute Gasteiger partial charge is 0.384 e. The molecular weight excluding hydrogens is 382 g/mol. The van der Waals surface area contributed by atoms with Crippen LogP contribution in [0.1, 0.15) is 42.9 Å². The summed E-state index contributed by atoms with van der Waals surface area (Å²) in [6, 6.07) is 10.2. The average molecular weight is 408 g/mol. The third kappa shape index (κ3) is 4.04. The van der Waals surface area contributed by atoms with Crippen molar-refractivity contribution in [3.8, 4) is 11.4 Å². The zero-order chi connectivity index (χ0) is 21.2. The van der Waals surface area contributed by atoms with E-state index < -0.39 is 0 Å². The standard InChI is InChI=1S/C26H25N5/c1-17-25-21(19-9-5-10-19)11-6-12-22(25)30-26(29-17)20-13-14-28-24(16-20)31-23(27)15-18-7-3-2-4-8-18/h2-4,6-7,11-16,19H,5,8-10H2,1H3,(H2,27,28,31)/b18-15-. The number of aryl methyl sites for hydroxylation is 1. The maximum absolute atomic E-state index is 6.13. The van der Waals surface area contributed by atoms with Gasteiger partial charge < -0.3 is 5.73 Å². The van der Waals surface area contributed by atoms with E-state index in [2.05, 4.69) is 41.2 Å². The molecule has 0 unspecified atom stereocenters. The van der Waals surface area contributed by atoms with Gasteiger partial charge >= 0.3 is 0 Å². The summed E-state index contributed by atoms with van der Waals surface area (Å²) in [6.45, 7) is 2.08. The summed E-state index contributed by atoms with van der Waals surface area (Å²) in [5.74, 6) is 2.31. The third-order valence-corrected chi connectivity index (χ3v) is 5.97. The number of aliphatic imine (C=N–C) groups is 1. The Kier molecular flexibility index (Phi) is 5.16. The van der Waals surface area contributed by atoms with Crippen molar-refractivity contribution in [2.24, 2.45) is 10.7 Å². The van der Waals surface area contributed by atoms with Gasteiger partial charge in [-0.2, -0.15) is 0 Å². The molecule has 0 spiro atoms. The Morgan fingerprint density at radius 1 is 1.16 bits per heavy atom. The van der Waals surface area contributed by atoms with E-state index in [0.717, 1.165) is 28.8 Å². The Labute approximate surface area is 182 Å². The molecule has 0 radical (unpaired) electrons. The number of hydrogen-bond donors (Lipinski definition) is 1. The van der Waals surface area contributed by atoms with Gasteiger partial charge in [-0.15, -0.1) is 0 Å². The topological polar surface area (TPSA) is 77.0 Å². The second kappa shape index (κ2) is 8.26. The van der Waals surface area contributed by atoms with Crippen molar-refractivity contribution in [2.75, 3.05) is 0 Å². The molecule has 0 aliphatic heterocycles. The fraction of sp³-hybridized carbons (Fsp3) is 0.231. The first kappa shape index (κ1) is 19.4. The highest BCUT2D eigenvalue weighted by Crippen LogP contribution is 2.40. The molecule has 2 aromatic heterocycles. The number of benzene rings is 1. The number of allylic oxidation sites excluding steroid dienone is 5. The number of nitrogens with two attached hydrogens (primary N) is 1. The van der Waals surface area contributed by atoms with Gasteiger partial charge in [0, 0.05) is 22.8 Å². The van der Waals surface area contributed by atoms with Gasteiger partial charge in [0.05, 0.1) is 5.52 Å². The molecule has 5 heteroatoms. The Morgan fingerprint density at radius 3 is 2.84 bits per heavy atom. The number of fused-ring (bicyclic) bond motifs is 1. The minimum absolute atomic E-state index is 0.431. The number of rotatable bonds is 4. The van der Waals surface area contributed by atoms with Crippen molar-refractivity contribution < 1.29 is 0 Å². The monoisotopic (exact) mass is 407 g/mol. The number of nitrogens with zero attached hydrogens (tertiary/aromatic N) is 4. The molecule has 31 heavy (non-hydrogen) atoms. The minimum Gasteiger partial charge on any atom is -0.384 e. The van der Waals surface area contributed by atoms with Crippen LogP contribution in [-0.4, -0.2) is 20.8 Å². The normalized spacial score (nSPS) is 18.0. The van der Waals surface area contributed by atoms with Crippen molar-refractivity contribution >= 4 is 22.6 Å². The van der Waals surface area contributed by atoms with E-state index in [4.69, 9.17) is 15.7 Å². The lowest BCUT2D eigenvalue weighted by Gasteiger charge is -2.27. The molecule has 2 aliphatic carbocycles. The van der Waals surface area contributed by atoms with Gasteiger partial charge in [0.25, 0.3) is 0 Å². The van der Waals surface area contributed by atoms with Gasteiger partial charge in [-0.25, -0.2) is 19.9 Å². The smallest absolute Gasteiger partial charge is 0.160 e. The first-order valence-electron chi connectivity index (χ1n) is 10.8. The van der Waals surface area contributed by atoms with E-state index in [1.807, 2.05) is 36.4 Å². The van der Waals surface area contributed by atoms with Crippen LogP contribution in [0.5, 0.6) is 0 Å². The highest BCUT2D eigenvalue weighted by atomic mass is 15.0. The number of aromatic nitrogens is 3. The molecule has 2 N–H and O–H groups in total. The molecule has 154 valence electrons. The van der Waals surface area contributed by atoms with Gasteiger partial charge in [-0.1, -0.05) is 42.9 Å². The molecule has 5 rings (SSSR count). The molecule has 2 heterocycles. The molecular formula is C26H25N5. The second-order valence-electron chi connectivity index (χ2n) is 8.15. The van der Waals surface area contributed by atoms with E-state index >= 15 is 0 Å². The summed E-state index contributed by atoms with van der Waals surface area (Å²) in [5.41, 5.74) is 11.5. The molecule has 2 aliphatic rings. The number of pyridine rings is 1. The zero-order valence-electron chi connectivity index (χ0n) is 17.6. The molecule has 5 nitrogen and oxygen atoms in total. The Morgan fingerprint density at radius 2 is 2.06 bits per heavy atom. The number of hydrogen-bond acceptors (Lipinski definition) is 4. The van der Waals surface area contributed by atoms with Crippen LogP contribution in [0.25, 0.3) is 22.3 Å². The minimum atomic E-state index is 0.431. The van der Waals surface area contributed by atoms with E-state index in [1.165, 1.54) is 30.2 Å². The van der Waals surface area contributed by atoms with Crippen LogP contribution in [0.15, 0.2) is 77.5 Å². The Bertz CT molecular complexity index is 1260. The summed E-state index contributed by atoms with van der Waals surface area (Å²) in [7, 11) is 0. The molecule has 0 bridgehead atoms. The van der Waals surface area contributed by atoms with Crippen molar-refractivity contribution in [1.29, 1.82) is 0 Å². The molecule has 1 fully saturated rings. The lowest BCUT2D eigenvalue weighted by molar-refractivity contribution is 0.422.